The Hall–Kier alpha value is -1.44. The van der Waals surface area contributed by atoms with Crippen molar-refractivity contribution >= 4 is 20.9 Å². The van der Waals surface area contributed by atoms with Crippen LogP contribution in [0.25, 0.3) is 11.0 Å². The van der Waals surface area contributed by atoms with Crippen molar-refractivity contribution in [3.63, 3.8) is 0 Å². The van der Waals surface area contributed by atoms with E-state index in [2.05, 4.69) is 9.97 Å². The van der Waals surface area contributed by atoms with E-state index in [1.165, 1.54) is 6.07 Å². The highest BCUT2D eigenvalue weighted by Crippen LogP contribution is 2.22. The Morgan fingerprint density at radius 3 is 2.83 bits per heavy atom. The maximum absolute atomic E-state index is 11.6. The molecule has 7 heteroatoms. The summed E-state index contributed by atoms with van der Waals surface area (Å²) in [4.78, 5) is 7.47. The third-order valence-electron chi connectivity index (χ3n) is 2.59. The number of sulfone groups is 1. The van der Waals surface area contributed by atoms with E-state index in [1.54, 1.807) is 19.2 Å². The quantitative estimate of drug-likeness (QED) is 0.847. The van der Waals surface area contributed by atoms with Gasteiger partial charge < -0.3 is 15.5 Å². The molecule has 6 nitrogen and oxygen atoms in total. The Bertz CT molecular complexity index is 663. The van der Waals surface area contributed by atoms with Crippen molar-refractivity contribution in [2.45, 2.75) is 10.9 Å². The number of hydrogen-bond donors (Lipinski definition) is 2. The Labute approximate surface area is 105 Å². The van der Waals surface area contributed by atoms with Gasteiger partial charge in [0.15, 0.2) is 9.84 Å². The summed E-state index contributed by atoms with van der Waals surface area (Å²) in [5.74, 6) is 0.517. The van der Waals surface area contributed by atoms with Gasteiger partial charge in [-0.3, -0.25) is 0 Å². The van der Waals surface area contributed by atoms with Crippen molar-refractivity contribution in [2.24, 2.45) is 5.73 Å². The molecular weight excluding hydrogens is 254 g/mol. The van der Waals surface area contributed by atoms with Crippen molar-refractivity contribution in [1.82, 2.24) is 9.97 Å². The van der Waals surface area contributed by atoms with Gasteiger partial charge in [-0.05, 0) is 12.1 Å². The number of imidazole rings is 1. The lowest BCUT2D eigenvalue weighted by atomic mass is 10.3. The first-order valence-electron chi connectivity index (χ1n) is 5.36. The third kappa shape index (κ3) is 2.38. The molecule has 98 valence electrons. The molecule has 0 radical (unpaired) electrons. The number of nitrogens with one attached hydrogen (secondary N) is 1. The summed E-state index contributed by atoms with van der Waals surface area (Å²) >= 11 is 0. The van der Waals surface area contributed by atoms with Crippen LogP contribution in [-0.4, -0.2) is 38.4 Å². The van der Waals surface area contributed by atoms with Gasteiger partial charge in [-0.2, -0.15) is 0 Å². The van der Waals surface area contributed by atoms with Gasteiger partial charge in [0.2, 0.25) is 0 Å². The molecule has 0 aliphatic rings. The van der Waals surface area contributed by atoms with Crippen LogP contribution in [0, 0.1) is 0 Å². The molecule has 3 N–H and O–H groups in total. The summed E-state index contributed by atoms with van der Waals surface area (Å²) in [6.07, 6.45) is 1.16. The van der Waals surface area contributed by atoms with E-state index >= 15 is 0 Å². The van der Waals surface area contributed by atoms with Crippen LogP contribution in [0.2, 0.25) is 0 Å². The summed E-state index contributed by atoms with van der Waals surface area (Å²) in [5.41, 5.74) is 6.93. The monoisotopic (exact) mass is 269 g/mol. The zero-order valence-electron chi connectivity index (χ0n) is 10.2. The van der Waals surface area contributed by atoms with Crippen LogP contribution in [0.3, 0.4) is 0 Å². The number of benzene rings is 1. The molecule has 1 atom stereocenters. The van der Waals surface area contributed by atoms with Gasteiger partial charge in [0.05, 0.1) is 23.1 Å². The molecule has 2 aromatic rings. The third-order valence-corrected chi connectivity index (χ3v) is 3.72. The average Bonchev–Trinajstić information content (AvgIpc) is 2.71. The highest BCUT2D eigenvalue weighted by atomic mass is 32.2. The first kappa shape index (κ1) is 13.0. The van der Waals surface area contributed by atoms with Crippen LogP contribution in [0.1, 0.15) is 11.9 Å². The van der Waals surface area contributed by atoms with Crippen molar-refractivity contribution in [2.75, 3.05) is 20.0 Å². The number of ether oxygens (including phenoxy) is 1. The number of aromatic nitrogens is 2. The summed E-state index contributed by atoms with van der Waals surface area (Å²) in [6, 6.07) is 4.56. The SMILES string of the molecule is COCC(N)c1nc2c(S(C)(=O)=O)cccc2[nH]1. The fraction of sp³-hybridized carbons (Fsp3) is 0.364. The number of fused-ring (bicyclic) bond motifs is 1. The minimum atomic E-state index is -3.31. The van der Waals surface area contributed by atoms with Gasteiger partial charge in [-0.1, -0.05) is 6.07 Å². The number of aromatic amines is 1. The van der Waals surface area contributed by atoms with Crippen LogP contribution in [0.4, 0.5) is 0 Å². The second-order valence-electron chi connectivity index (χ2n) is 4.11. The van der Waals surface area contributed by atoms with Gasteiger partial charge >= 0.3 is 0 Å². The molecule has 1 aromatic carbocycles. The molecule has 1 unspecified atom stereocenters. The van der Waals surface area contributed by atoms with E-state index < -0.39 is 15.9 Å². The van der Waals surface area contributed by atoms with Crippen molar-refractivity contribution < 1.29 is 13.2 Å². The van der Waals surface area contributed by atoms with Crippen LogP contribution >= 0.6 is 0 Å². The first-order valence-corrected chi connectivity index (χ1v) is 7.26. The van der Waals surface area contributed by atoms with E-state index in [9.17, 15) is 8.42 Å². The molecule has 1 aromatic heterocycles. The van der Waals surface area contributed by atoms with E-state index in [0.29, 0.717) is 23.5 Å². The smallest absolute Gasteiger partial charge is 0.177 e. The number of nitrogens with zero attached hydrogens (tertiary/aromatic N) is 1. The molecule has 1 heterocycles. The summed E-state index contributed by atoms with van der Waals surface area (Å²) in [5, 5.41) is 0. The predicted octanol–water partition coefficient (Wildman–Crippen LogP) is 0.613. The van der Waals surface area contributed by atoms with Gasteiger partial charge in [0.1, 0.15) is 11.3 Å². The van der Waals surface area contributed by atoms with Gasteiger partial charge in [0.25, 0.3) is 0 Å². The number of H-pyrrole nitrogens is 1. The van der Waals surface area contributed by atoms with Crippen LogP contribution in [-0.2, 0) is 14.6 Å². The number of rotatable bonds is 4. The number of hydrogen-bond acceptors (Lipinski definition) is 5. The van der Waals surface area contributed by atoms with E-state index in [-0.39, 0.29) is 4.90 Å². The summed E-state index contributed by atoms with van der Waals surface area (Å²) < 4.78 is 28.2. The highest BCUT2D eigenvalue weighted by Gasteiger charge is 2.17. The number of methoxy groups -OCH3 is 1. The molecule has 0 aliphatic carbocycles. The van der Waals surface area contributed by atoms with Crippen LogP contribution < -0.4 is 5.73 Å². The lowest BCUT2D eigenvalue weighted by Gasteiger charge is -2.05. The molecule has 0 saturated heterocycles. The van der Waals surface area contributed by atoms with Gasteiger partial charge in [-0.25, -0.2) is 13.4 Å². The molecule has 0 aliphatic heterocycles. The van der Waals surface area contributed by atoms with Crippen LogP contribution in [0.5, 0.6) is 0 Å². The standard InChI is InChI=1S/C11H15N3O3S/c1-17-6-7(12)11-13-8-4-3-5-9(10(8)14-11)18(2,15)16/h3-5,7H,6,12H2,1-2H3,(H,13,14). The summed E-state index contributed by atoms with van der Waals surface area (Å²) in [7, 11) is -1.76. The minimum absolute atomic E-state index is 0.201. The van der Waals surface area contributed by atoms with Gasteiger partial charge in [0, 0.05) is 13.4 Å². The van der Waals surface area contributed by atoms with Crippen molar-refractivity contribution in [1.29, 1.82) is 0 Å². The van der Waals surface area contributed by atoms with Crippen LogP contribution in [0.15, 0.2) is 23.1 Å². The number of para-hydroxylation sites is 1. The molecule has 0 fully saturated rings. The average molecular weight is 269 g/mol. The van der Waals surface area contributed by atoms with Crippen molar-refractivity contribution in [3.8, 4) is 0 Å². The molecule has 0 spiro atoms. The predicted molar refractivity (Wildman–Crippen MR) is 68.0 cm³/mol. The first-order chi connectivity index (χ1) is 8.43. The highest BCUT2D eigenvalue weighted by molar-refractivity contribution is 7.91. The molecule has 0 bridgehead atoms. The van der Waals surface area contributed by atoms with E-state index in [1.807, 2.05) is 0 Å². The zero-order chi connectivity index (χ0) is 13.3. The maximum atomic E-state index is 11.6. The molecular formula is C11H15N3O3S. The Kier molecular flexibility index (Phi) is 3.38. The largest absolute Gasteiger partial charge is 0.383 e. The maximum Gasteiger partial charge on any atom is 0.177 e. The topological polar surface area (TPSA) is 98.1 Å². The molecule has 2 rings (SSSR count). The van der Waals surface area contributed by atoms with E-state index in [4.69, 9.17) is 10.5 Å². The second kappa shape index (κ2) is 4.68. The zero-order valence-corrected chi connectivity index (χ0v) is 11.0. The van der Waals surface area contributed by atoms with E-state index in [0.717, 1.165) is 6.26 Å². The fourth-order valence-corrected chi connectivity index (χ4v) is 2.59. The molecule has 0 amide bonds. The molecule has 18 heavy (non-hydrogen) atoms. The Morgan fingerprint density at radius 2 is 2.22 bits per heavy atom. The van der Waals surface area contributed by atoms with Crippen molar-refractivity contribution in [3.05, 3.63) is 24.0 Å². The molecule has 0 saturated carbocycles. The lowest BCUT2D eigenvalue weighted by Crippen LogP contribution is -2.17. The second-order valence-corrected chi connectivity index (χ2v) is 6.09. The fourth-order valence-electron chi connectivity index (χ4n) is 1.76. The Balaban J connectivity index is 2.58. The summed E-state index contributed by atoms with van der Waals surface area (Å²) in [6.45, 7) is 0.314. The number of nitrogens with two attached hydrogens (primary N) is 1. The normalized spacial score (nSPS) is 13.9. The minimum Gasteiger partial charge on any atom is -0.383 e. The van der Waals surface area contributed by atoms with Gasteiger partial charge in [-0.15, -0.1) is 0 Å². The Morgan fingerprint density at radius 1 is 1.50 bits per heavy atom. The lowest BCUT2D eigenvalue weighted by molar-refractivity contribution is 0.178.